The van der Waals surface area contributed by atoms with Gasteiger partial charge in [0.1, 0.15) is 6.26 Å². The van der Waals surface area contributed by atoms with Crippen molar-refractivity contribution >= 4 is 11.6 Å². The number of hydrogen-bond donors (Lipinski definition) is 1. The third-order valence-electron chi connectivity index (χ3n) is 4.73. The number of rotatable bonds is 3. The SMILES string of the molecule is CC1CN(C(=O)c2coc(CN3CC[C@H](O)C3)n2)c2cnccc21. The second kappa shape index (κ2) is 5.99. The zero-order valence-electron chi connectivity index (χ0n) is 13.6. The zero-order chi connectivity index (χ0) is 16.7. The van der Waals surface area contributed by atoms with Gasteiger partial charge in [0.15, 0.2) is 5.69 Å². The number of β-amino-alcohol motifs (C(OH)–C–C–N with tert-alkyl or cyclic N) is 1. The smallest absolute Gasteiger partial charge is 0.280 e. The molecule has 1 amide bonds. The Kier molecular flexibility index (Phi) is 3.82. The van der Waals surface area contributed by atoms with E-state index in [0.717, 1.165) is 24.2 Å². The van der Waals surface area contributed by atoms with Crippen LogP contribution in [0.15, 0.2) is 29.1 Å². The Morgan fingerprint density at radius 3 is 3.12 bits per heavy atom. The highest BCUT2D eigenvalue weighted by atomic mass is 16.3. The number of nitrogens with zero attached hydrogens (tertiary/aromatic N) is 4. The normalized spacial score (nSPS) is 23.7. The predicted octanol–water partition coefficient (Wildman–Crippen LogP) is 1.40. The summed E-state index contributed by atoms with van der Waals surface area (Å²) in [6.07, 6.45) is 5.38. The molecule has 4 heterocycles. The van der Waals surface area contributed by atoms with Crippen molar-refractivity contribution in [2.45, 2.75) is 31.9 Å². The molecule has 1 fully saturated rings. The molecule has 0 aliphatic carbocycles. The second-order valence-electron chi connectivity index (χ2n) is 6.56. The van der Waals surface area contributed by atoms with Crippen LogP contribution in [-0.4, -0.2) is 51.6 Å². The third-order valence-corrected chi connectivity index (χ3v) is 4.73. The van der Waals surface area contributed by atoms with Gasteiger partial charge >= 0.3 is 0 Å². The second-order valence-corrected chi connectivity index (χ2v) is 6.56. The number of likely N-dealkylation sites (tertiary alicyclic amines) is 1. The van der Waals surface area contributed by atoms with Crippen LogP contribution in [0.5, 0.6) is 0 Å². The number of amides is 1. The van der Waals surface area contributed by atoms with Crippen molar-refractivity contribution in [3.63, 3.8) is 0 Å². The van der Waals surface area contributed by atoms with E-state index in [0.29, 0.717) is 31.2 Å². The first-order chi connectivity index (χ1) is 11.6. The molecule has 0 radical (unpaired) electrons. The van der Waals surface area contributed by atoms with Gasteiger partial charge in [-0.25, -0.2) is 4.98 Å². The molecular formula is C17H20N4O3. The molecule has 2 aliphatic heterocycles. The van der Waals surface area contributed by atoms with E-state index in [1.807, 2.05) is 6.07 Å². The van der Waals surface area contributed by atoms with Gasteiger partial charge in [0.2, 0.25) is 5.89 Å². The highest BCUT2D eigenvalue weighted by Gasteiger charge is 2.32. The lowest BCUT2D eigenvalue weighted by Crippen LogP contribution is -2.30. The van der Waals surface area contributed by atoms with Gasteiger partial charge < -0.3 is 14.4 Å². The molecule has 1 saturated heterocycles. The Labute approximate surface area is 139 Å². The number of aliphatic hydroxyl groups is 1. The van der Waals surface area contributed by atoms with E-state index in [1.165, 1.54) is 6.26 Å². The molecule has 4 rings (SSSR count). The number of carbonyl (C=O) groups excluding carboxylic acids is 1. The van der Waals surface area contributed by atoms with E-state index < -0.39 is 0 Å². The van der Waals surface area contributed by atoms with Crippen molar-refractivity contribution in [1.29, 1.82) is 0 Å². The van der Waals surface area contributed by atoms with E-state index in [-0.39, 0.29) is 17.9 Å². The van der Waals surface area contributed by atoms with Crippen molar-refractivity contribution < 1.29 is 14.3 Å². The van der Waals surface area contributed by atoms with E-state index in [9.17, 15) is 9.90 Å². The molecule has 0 bridgehead atoms. The molecule has 2 aliphatic rings. The minimum Gasteiger partial charge on any atom is -0.447 e. The van der Waals surface area contributed by atoms with Crippen LogP contribution in [0.2, 0.25) is 0 Å². The van der Waals surface area contributed by atoms with Gasteiger partial charge in [-0.05, 0) is 18.1 Å². The fourth-order valence-electron chi connectivity index (χ4n) is 3.47. The van der Waals surface area contributed by atoms with Crippen molar-refractivity contribution in [3.8, 4) is 0 Å². The summed E-state index contributed by atoms with van der Waals surface area (Å²) in [5.41, 5.74) is 2.30. The lowest BCUT2D eigenvalue weighted by atomic mass is 10.1. The van der Waals surface area contributed by atoms with E-state index in [1.54, 1.807) is 17.3 Å². The molecule has 126 valence electrons. The summed E-state index contributed by atoms with van der Waals surface area (Å²) in [5, 5.41) is 9.57. The fourth-order valence-corrected chi connectivity index (χ4v) is 3.47. The van der Waals surface area contributed by atoms with Crippen LogP contribution in [0.3, 0.4) is 0 Å². The maximum atomic E-state index is 12.8. The van der Waals surface area contributed by atoms with Gasteiger partial charge in [0.05, 0.1) is 24.5 Å². The fraction of sp³-hybridized carbons (Fsp3) is 0.471. The Balaban J connectivity index is 1.50. The molecule has 0 saturated carbocycles. The zero-order valence-corrected chi connectivity index (χ0v) is 13.6. The summed E-state index contributed by atoms with van der Waals surface area (Å²) in [5.74, 6) is 0.626. The molecule has 0 spiro atoms. The van der Waals surface area contributed by atoms with Gasteiger partial charge in [-0.2, -0.15) is 0 Å². The lowest BCUT2D eigenvalue weighted by Gasteiger charge is -2.15. The number of fused-ring (bicyclic) bond motifs is 1. The maximum absolute atomic E-state index is 12.8. The molecule has 2 aromatic heterocycles. The molecule has 24 heavy (non-hydrogen) atoms. The minimum absolute atomic E-state index is 0.162. The third kappa shape index (κ3) is 2.70. The summed E-state index contributed by atoms with van der Waals surface area (Å²) in [7, 11) is 0. The topological polar surface area (TPSA) is 82.7 Å². The van der Waals surface area contributed by atoms with E-state index in [2.05, 4.69) is 21.8 Å². The van der Waals surface area contributed by atoms with Crippen LogP contribution in [0.1, 0.15) is 41.2 Å². The monoisotopic (exact) mass is 328 g/mol. The average Bonchev–Trinajstić information content (AvgIpc) is 3.28. The molecular weight excluding hydrogens is 308 g/mol. The van der Waals surface area contributed by atoms with Crippen LogP contribution < -0.4 is 4.90 Å². The van der Waals surface area contributed by atoms with Crippen molar-refractivity contribution in [1.82, 2.24) is 14.9 Å². The first-order valence-corrected chi connectivity index (χ1v) is 8.22. The summed E-state index contributed by atoms with van der Waals surface area (Å²) >= 11 is 0. The number of oxazole rings is 1. The maximum Gasteiger partial charge on any atom is 0.280 e. The van der Waals surface area contributed by atoms with Crippen LogP contribution in [0, 0.1) is 0 Å². The van der Waals surface area contributed by atoms with Crippen molar-refractivity contribution in [2.75, 3.05) is 24.5 Å². The standard InChI is InChI=1S/C17H20N4O3/c1-11-7-21(15-6-18-4-2-13(11)15)17(23)14-10-24-16(19-14)9-20-5-3-12(22)8-20/h2,4,6,10-12,22H,3,5,7-9H2,1H3/t11?,12-/m0/s1. The Morgan fingerprint density at radius 1 is 1.46 bits per heavy atom. The number of carbonyl (C=O) groups is 1. The number of anilines is 1. The lowest BCUT2D eigenvalue weighted by molar-refractivity contribution is 0.0983. The summed E-state index contributed by atoms with van der Waals surface area (Å²) < 4.78 is 5.46. The Morgan fingerprint density at radius 2 is 2.33 bits per heavy atom. The number of hydrogen-bond acceptors (Lipinski definition) is 6. The van der Waals surface area contributed by atoms with Crippen LogP contribution in [0.4, 0.5) is 5.69 Å². The Hall–Kier alpha value is -2.25. The molecule has 7 nitrogen and oxygen atoms in total. The molecule has 1 N–H and O–H groups in total. The quantitative estimate of drug-likeness (QED) is 0.917. The van der Waals surface area contributed by atoms with Gasteiger partial charge in [-0.15, -0.1) is 0 Å². The van der Waals surface area contributed by atoms with E-state index in [4.69, 9.17) is 4.42 Å². The average molecular weight is 328 g/mol. The van der Waals surface area contributed by atoms with Crippen molar-refractivity contribution in [3.05, 3.63) is 41.9 Å². The highest BCUT2D eigenvalue weighted by Crippen LogP contribution is 2.35. The molecule has 2 aromatic rings. The van der Waals surface area contributed by atoms with E-state index >= 15 is 0 Å². The first kappa shape index (κ1) is 15.3. The largest absolute Gasteiger partial charge is 0.447 e. The van der Waals surface area contributed by atoms with Crippen LogP contribution >= 0.6 is 0 Å². The van der Waals surface area contributed by atoms with Gasteiger partial charge in [0.25, 0.3) is 5.91 Å². The molecule has 7 heteroatoms. The molecule has 0 aromatic carbocycles. The van der Waals surface area contributed by atoms with Crippen LogP contribution in [-0.2, 0) is 6.54 Å². The highest BCUT2D eigenvalue weighted by molar-refractivity contribution is 6.06. The number of pyridine rings is 1. The van der Waals surface area contributed by atoms with Crippen molar-refractivity contribution in [2.24, 2.45) is 0 Å². The first-order valence-electron chi connectivity index (χ1n) is 8.22. The summed E-state index contributed by atoms with van der Waals surface area (Å²) in [4.78, 5) is 25.0. The number of aliphatic hydroxyl groups excluding tert-OH is 1. The van der Waals surface area contributed by atoms with Gasteiger partial charge in [-0.1, -0.05) is 6.92 Å². The predicted molar refractivity (Wildman–Crippen MR) is 86.7 cm³/mol. The molecule has 2 atom stereocenters. The Bertz CT molecular complexity index is 760. The summed E-state index contributed by atoms with van der Waals surface area (Å²) in [6, 6.07) is 1.96. The molecule has 1 unspecified atom stereocenters. The summed E-state index contributed by atoms with van der Waals surface area (Å²) in [6.45, 7) is 4.67. The van der Waals surface area contributed by atoms with Crippen LogP contribution in [0.25, 0.3) is 0 Å². The van der Waals surface area contributed by atoms with Gasteiger partial charge in [0, 0.05) is 31.7 Å². The van der Waals surface area contributed by atoms with Gasteiger partial charge in [-0.3, -0.25) is 14.7 Å². The minimum atomic E-state index is -0.281. The number of aromatic nitrogens is 2.